The average Bonchev–Trinajstić information content (AvgIpc) is 2.88. The number of rotatable bonds is 2. The van der Waals surface area contributed by atoms with E-state index in [2.05, 4.69) is 67.3 Å². The Balaban J connectivity index is 1.89. The van der Waals surface area contributed by atoms with Crippen LogP contribution in [0.5, 0.6) is 0 Å². The second-order valence-electron chi connectivity index (χ2n) is 6.55. The second kappa shape index (κ2) is 5.40. The Morgan fingerprint density at radius 2 is 1.91 bits per heavy atom. The molecule has 0 saturated carbocycles. The number of hydrogen-bond acceptors (Lipinski definition) is 1. The third-order valence-electron chi connectivity index (χ3n) is 5.24. The molecule has 0 N–H and O–H groups in total. The minimum Gasteiger partial charge on any atom is -0.302 e. The molecule has 0 amide bonds. The first-order valence-corrected chi connectivity index (χ1v) is 8.39. The van der Waals surface area contributed by atoms with Crippen LogP contribution in [0.4, 0.5) is 0 Å². The summed E-state index contributed by atoms with van der Waals surface area (Å²) in [5.41, 5.74) is 8.94. The summed E-state index contributed by atoms with van der Waals surface area (Å²) in [5.74, 6) is 0.597. The summed E-state index contributed by atoms with van der Waals surface area (Å²) >= 11 is 0. The van der Waals surface area contributed by atoms with Crippen molar-refractivity contribution in [2.24, 2.45) is 0 Å². The van der Waals surface area contributed by atoms with Gasteiger partial charge in [0.25, 0.3) is 0 Å². The number of likely N-dealkylation sites (N-methyl/N-ethyl adjacent to an activating group) is 1. The molecule has 0 radical (unpaired) electrons. The molecule has 4 rings (SSSR count). The van der Waals surface area contributed by atoms with Gasteiger partial charge in [-0.05, 0) is 42.2 Å². The quantitative estimate of drug-likeness (QED) is 0.779. The molecule has 1 unspecified atom stereocenters. The van der Waals surface area contributed by atoms with E-state index in [9.17, 15) is 0 Å². The third kappa shape index (κ3) is 2.12. The van der Waals surface area contributed by atoms with Gasteiger partial charge in [-0.1, -0.05) is 66.6 Å². The smallest absolute Gasteiger partial charge is 0.0192 e. The number of likely N-dealkylation sites (tertiary alicyclic amines) is 1. The molecule has 112 valence electrons. The summed E-state index contributed by atoms with van der Waals surface area (Å²) in [6, 6.07) is 18.0. The van der Waals surface area contributed by atoms with Gasteiger partial charge in [-0.25, -0.2) is 0 Å². The highest BCUT2D eigenvalue weighted by atomic mass is 15.1. The summed E-state index contributed by atoms with van der Waals surface area (Å²) < 4.78 is 0. The second-order valence-corrected chi connectivity index (χ2v) is 6.55. The van der Waals surface area contributed by atoms with Gasteiger partial charge in [-0.3, -0.25) is 0 Å². The van der Waals surface area contributed by atoms with E-state index in [1.54, 1.807) is 5.57 Å². The predicted molar refractivity (Wildman–Crippen MR) is 93.1 cm³/mol. The molecule has 1 saturated heterocycles. The highest BCUT2D eigenvalue weighted by Crippen LogP contribution is 2.48. The first-order chi connectivity index (χ1) is 10.8. The predicted octanol–water partition coefficient (Wildman–Crippen LogP) is 4.62. The highest BCUT2D eigenvalue weighted by molar-refractivity contribution is 5.89. The van der Waals surface area contributed by atoms with Gasteiger partial charge in [-0.2, -0.15) is 0 Å². The van der Waals surface area contributed by atoms with E-state index in [0.29, 0.717) is 5.92 Å². The van der Waals surface area contributed by atoms with Crippen molar-refractivity contribution in [2.75, 3.05) is 19.6 Å². The number of hydrogen-bond donors (Lipinski definition) is 0. The van der Waals surface area contributed by atoms with Gasteiger partial charge in [-0.15, -0.1) is 0 Å². The van der Waals surface area contributed by atoms with Crippen molar-refractivity contribution < 1.29 is 0 Å². The number of benzene rings is 2. The van der Waals surface area contributed by atoms with Gasteiger partial charge in [0.1, 0.15) is 0 Å². The Hall–Kier alpha value is -1.86. The zero-order chi connectivity index (χ0) is 15.1. The van der Waals surface area contributed by atoms with Gasteiger partial charge in [0.05, 0.1) is 0 Å². The van der Waals surface area contributed by atoms with Crippen molar-refractivity contribution in [2.45, 2.75) is 26.2 Å². The van der Waals surface area contributed by atoms with Crippen molar-refractivity contribution in [3.8, 4) is 0 Å². The van der Waals surface area contributed by atoms with Gasteiger partial charge in [0, 0.05) is 19.0 Å². The Kier molecular flexibility index (Phi) is 3.38. The Bertz CT molecular complexity index is 727. The SMILES string of the molecule is CCN1CCC2=C(c3ccccc3)c3cc(C)ccc3C2C1. The zero-order valence-corrected chi connectivity index (χ0v) is 13.5. The van der Waals surface area contributed by atoms with Crippen LogP contribution in [-0.4, -0.2) is 24.5 Å². The van der Waals surface area contributed by atoms with E-state index in [0.717, 1.165) is 6.54 Å². The lowest BCUT2D eigenvalue weighted by Gasteiger charge is -2.32. The third-order valence-corrected chi connectivity index (χ3v) is 5.24. The van der Waals surface area contributed by atoms with Crippen LogP contribution in [0.15, 0.2) is 54.1 Å². The lowest BCUT2D eigenvalue weighted by atomic mass is 9.89. The minimum atomic E-state index is 0.597. The van der Waals surface area contributed by atoms with E-state index in [4.69, 9.17) is 0 Å². The van der Waals surface area contributed by atoms with Crippen molar-refractivity contribution in [3.63, 3.8) is 0 Å². The van der Waals surface area contributed by atoms with Crippen LogP contribution < -0.4 is 0 Å². The van der Waals surface area contributed by atoms with Gasteiger partial charge in [0.15, 0.2) is 0 Å². The van der Waals surface area contributed by atoms with Crippen LogP contribution in [-0.2, 0) is 0 Å². The van der Waals surface area contributed by atoms with Crippen molar-refractivity contribution in [1.29, 1.82) is 0 Å². The summed E-state index contributed by atoms with van der Waals surface area (Å²) in [6.07, 6.45) is 1.20. The molecule has 1 fully saturated rings. The molecule has 22 heavy (non-hydrogen) atoms. The maximum Gasteiger partial charge on any atom is 0.0192 e. The molecular formula is C21H23N. The van der Waals surface area contributed by atoms with Crippen LogP contribution in [0.25, 0.3) is 5.57 Å². The maximum absolute atomic E-state index is 2.59. The van der Waals surface area contributed by atoms with E-state index in [1.807, 2.05) is 0 Å². The van der Waals surface area contributed by atoms with Gasteiger partial charge >= 0.3 is 0 Å². The first-order valence-electron chi connectivity index (χ1n) is 8.39. The zero-order valence-electron chi connectivity index (χ0n) is 13.5. The highest BCUT2D eigenvalue weighted by Gasteiger charge is 2.35. The summed E-state index contributed by atoms with van der Waals surface area (Å²) in [4.78, 5) is 2.59. The fourth-order valence-corrected chi connectivity index (χ4v) is 4.09. The molecule has 1 aliphatic carbocycles. The van der Waals surface area contributed by atoms with Crippen LogP contribution in [0.1, 0.15) is 41.5 Å². The molecule has 2 aromatic rings. The molecule has 2 aromatic carbocycles. The number of fused-ring (bicyclic) bond motifs is 3. The van der Waals surface area contributed by atoms with E-state index in [-0.39, 0.29) is 0 Å². The Morgan fingerprint density at radius 1 is 1.09 bits per heavy atom. The summed E-state index contributed by atoms with van der Waals surface area (Å²) in [7, 11) is 0. The summed E-state index contributed by atoms with van der Waals surface area (Å²) in [6.45, 7) is 8.02. The van der Waals surface area contributed by atoms with Crippen molar-refractivity contribution in [3.05, 3.63) is 76.4 Å². The molecule has 1 heteroatoms. The van der Waals surface area contributed by atoms with E-state index >= 15 is 0 Å². The monoisotopic (exact) mass is 289 g/mol. The van der Waals surface area contributed by atoms with Crippen molar-refractivity contribution in [1.82, 2.24) is 4.90 Å². The lowest BCUT2D eigenvalue weighted by Crippen LogP contribution is -2.34. The normalized spacial score (nSPS) is 20.9. The molecule has 1 nitrogen and oxygen atoms in total. The topological polar surface area (TPSA) is 3.24 Å². The number of nitrogens with zero attached hydrogens (tertiary/aromatic N) is 1. The molecule has 0 spiro atoms. The van der Waals surface area contributed by atoms with Gasteiger partial charge in [0.2, 0.25) is 0 Å². The summed E-state index contributed by atoms with van der Waals surface area (Å²) in [5, 5.41) is 0. The van der Waals surface area contributed by atoms with Crippen LogP contribution in [0.3, 0.4) is 0 Å². The first kappa shape index (κ1) is 13.8. The minimum absolute atomic E-state index is 0.597. The molecular weight excluding hydrogens is 266 g/mol. The molecule has 2 aliphatic rings. The van der Waals surface area contributed by atoms with E-state index < -0.39 is 0 Å². The fourth-order valence-electron chi connectivity index (χ4n) is 4.09. The van der Waals surface area contributed by atoms with E-state index in [1.165, 1.54) is 47.3 Å². The fraction of sp³-hybridized carbons (Fsp3) is 0.333. The van der Waals surface area contributed by atoms with Gasteiger partial charge < -0.3 is 4.90 Å². The molecule has 1 atom stereocenters. The van der Waals surface area contributed by atoms with Crippen LogP contribution in [0, 0.1) is 6.92 Å². The van der Waals surface area contributed by atoms with Crippen LogP contribution >= 0.6 is 0 Å². The average molecular weight is 289 g/mol. The van der Waals surface area contributed by atoms with Crippen LogP contribution in [0.2, 0.25) is 0 Å². The number of piperidine rings is 1. The largest absolute Gasteiger partial charge is 0.302 e. The lowest BCUT2D eigenvalue weighted by molar-refractivity contribution is 0.254. The molecule has 1 aliphatic heterocycles. The molecule has 0 bridgehead atoms. The maximum atomic E-state index is 2.59. The molecule has 1 heterocycles. The Morgan fingerprint density at radius 3 is 2.68 bits per heavy atom. The number of aryl methyl sites for hydroxylation is 1. The molecule has 0 aromatic heterocycles. The Labute approximate surface area is 133 Å². The van der Waals surface area contributed by atoms with Crippen molar-refractivity contribution >= 4 is 5.57 Å². The standard InChI is InChI=1S/C21H23N/c1-3-22-12-11-18-20(14-22)17-10-9-15(2)13-19(17)21(18)16-7-5-4-6-8-16/h4-10,13,20H,3,11-12,14H2,1-2H3.